The van der Waals surface area contributed by atoms with E-state index in [1.165, 1.54) is 0 Å². The first-order valence-electron chi connectivity index (χ1n) is 3.49. The van der Waals surface area contributed by atoms with Crippen molar-refractivity contribution in [2.45, 2.75) is 0 Å². The Morgan fingerprint density at radius 1 is 1.08 bits per heavy atom. The van der Waals surface area contributed by atoms with E-state index >= 15 is 0 Å². The molecule has 0 radical (unpaired) electrons. The summed E-state index contributed by atoms with van der Waals surface area (Å²) in [4.78, 5) is 2.92. The van der Waals surface area contributed by atoms with Gasteiger partial charge in [-0.2, -0.15) is 11.7 Å². The van der Waals surface area contributed by atoms with Gasteiger partial charge in [-0.1, -0.05) is 18.2 Å². The van der Waals surface area contributed by atoms with Crippen molar-refractivity contribution in [2.75, 3.05) is 0 Å². The van der Waals surface area contributed by atoms with Crippen LogP contribution in [0.3, 0.4) is 0 Å². The standard InChI is InChI=1S/C7H11N5.HI/c8-11-7(12-9)10-6-4-2-1-3-5-6;/h1-5H,8-9H2,(H2,10,11,12);1H. The SMILES string of the molecule is NNC(NN)=[NH+]c1ccccc1.[I-]. The monoisotopic (exact) mass is 293 g/mol. The van der Waals surface area contributed by atoms with Crippen LogP contribution in [0.4, 0.5) is 5.69 Å². The van der Waals surface area contributed by atoms with E-state index in [0.29, 0.717) is 5.96 Å². The molecule has 0 atom stereocenters. The molecule has 0 aliphatic rings. The van der Waals surface area contributed by atoms with Crippen molar-refractivity contribution in [1.29, 1.82) is 0 Å². The lowest BCUT2D eigenvalue weighted by Gasteiger charge is -1.95. The highest BCUT2D eigenvalue weighted by Crippen LogP contribution is 1.94. The molecule has 0 heterocycles. The molecule has 1 aromatic carbocycles. The van der Waals surface area contributed by atoms with Crippen molar-refractivity contribution in [3.8, 4) is 0 Å². The van der Waals surface area contributed by atoms with Crippen LogP contribution in [0.5, 0.6) is 0 Å². The van der Waals surface area contributed by atoms with E-state index in [4.69, 9.17) is 11.7 Å². The minimum absolute atomic E-state index is 0. The minimum atomic E-state index is 0. The Labute approximate surface area is 93.6 Å². The molecule has 7 N–H and O–H groups in total. The topological polar surface area (TPSA) is 90.1 Å². The third-order valence-electron chi connectivity index (χ3n) is 1.33. The predicted molar refractivity (Wildman–Crippen MR) is 46.7 cm³/mol. The molecular weight excluding hydrogens is 281 g/mol. The molecule has 0 bridgehead atoms. The van der Waals surface area contributed by atoms with Crippen LogP contribution >= 0.6 is 0 Å². The van der Waals surface area contributed by atoms with E-state index < -0.39 is 0 Å². The van der Waals surface area contributed by atoms with Crippen molar-refractivity contribution < 1.29 is 29.0 Å². The summed E-state index contributed by atoms with van der Waals surface area (Å²) in [5.74, 6) is 10.7. The molecule has 72 valence electrons. The molecule has 5 nitrogen and oxygen atoms in total. The third-order valence-corrected chi connectivity index (χ3v) is 1.33. The maximum Gasteiger partial charge on any atom is 0.382 e. The van der Waals surface area contributed by atoms with Gasteiger partial charge in [-0.3, -0.25) is 0 Å². The summed E-state index contributed by atoms with van der Waals surface area (Å²) in [6.07, 6.45) is 0. The largest absolute Gasteiger partial charge is 1.00 e. The third kappa shape index (κ3) is 4.06. The van der Waals surface area contributed by atoms with Crippen molar-refractivity contribution >= 4 is 11.6 Å². The van der Waals surface area contributed by atoms with E-state index in [-0.39, 0.29) is 24.0 Å². The van der Waals surface area contributed by atoms with E-state index in [1.54, 1.807) is 0 Å². The smallest absolute Gasteiger partial charge is 0.382 e. The van der Waals surface area contributed by atoms with Gasteiger partial charge in [0.25, 0.3) is 0 Å². The molecule has 0 aliphatic heterocycles. The van der Waals surface area contributed by atoms with Crippen LogP contribution in [-0.2, 0) is 0 Å². The van der Waals surface area contributed by atoms with Crippen LogP contribution < -0.4 is 51.5 Å². The highest BCUT2D eigenvalue weighted by Gasteiger charge is 1.97. The molecule has 0 spiro atoms. The quantitative estimate of drug-likeness (QED) is 0.118. The first kappa shape index (κ1) is 12.1. The van der Waals surface area contributed by atoms with Crippen LogP contribution in [0.2, 0.25) is 0 Å². The predicted octanol–water partition coefficient (Wildman–Crippen LogP) is -5.31. The van der Waals surface area contributed by atoms with Gasteiger partial charge in [0.1, 0.15) is 0 Å². The Balaban J connectivity index is 0.00000144. The minimum Gasteiger partial charge on any atom is -1.00 e. The van der Waals surface area contributed by atoms with Crippen LogP contribution in [0.25, 0.3) is 0 Å². The number of halogens is 1. The number of benzene rings is 1. The summed E-state index contributed by atoms with van der Waals surface area (Å²) in [5, 5.41) is 0. The van der Waals surface area contributed by atoms with Crippen molar-refractivity contribution in [3.05, 3.63) is 30.3 Å². The van der Waals surface area contributed by atoms with E-state index in [9.17, 15) is 0 Å². The molecular formula is C7H12IN5. The number of para-hydroxylation sites is 1. The van der Waals surface area contributed by atoms with E-state index in [1.807, 2.05) is 30.3 Å². The summed E-state index contributed by atoms with van der Waals surface area (Å²) >= 11 is 0. The molecule has 6 heteroatoms. The van der Waals surface area contributed by atoms with Gasteiger partial charge in [0, 0.05) is 0 Å². The lowest BCUT2D eigenvalue weighted by molar-refractivity contribution is -0.359. The van der Waals surface area contributed by atoms with Crippen molar-refractivity contribution in [3.63, 3.8) is 0 Å². The molecule has 0 unspecified atom stereocenters. The zero-order valence-corrected chi connectivity index (χ0v) is 9.08. The lowest BCUT2D eigenvalue weighted by atomic mass is 10.3. The maximum atomic E-state index is 5.14. The fraction of sp³-hybridized carbons (Fsp3) is 0. The summed E-state index contributed by atoms with van der Waals surface area (Å²) in [5.41, 5.74) is 5.65. The van der Waals surface area contributed by atoms with E-state index in [0.717, 1.165) is 5.69 Å². The zero-order valence-electron chi connectivity index (χ0n) is 6.92. The number of nitrogens with two attached hydrogens (primary N) is 2. The fourth-order valence-corrected chi connectivity index (χ4v) is 0.780. The molecule has 0 amide bonds. The van der Waals surface area contributed by atoms with Gasteiger partial charge in [0.15, 0.2) is 0 Å². The molecule has 0 saturated carbocycles. The number of hydrogen-bond donors (Lipinski definition) is 5. The summed E-state index contributed by atoms with van der Waals surface area (Å²) in [6.45, 7) is 0. The van der Waals surface area contributed by atoms with Gasteiger partial charge in [-0.15, -0.1) is 0 Å². The van der Waals surface area contributed by atoms with Crippen LogP contribution in [0, 0.1) is 0 Å². The molecule has 13 heavy (non-hydrogen) atoms. The number of guanidine groups is 1. The number of rotatable bonds is 1. The average molecular weight is 293 g/mol. The Hall–Kier alpha value is -0.860. The second kappa shape index (κ2) is 6.63. The van der Waals surface area contributed by atoms with Gasteiger partial charge in [0.2, 0.25) is 0 Å². The van der Waals surface area contributed by atoms with Crippen molar-refractivity contribution in [2.24, 2.45) is 11.7 Å². The number of nitrogens with one attached hydrogen (secondary N) is 3. The molecule has 0 aliphatic carbocycles. The Bertz CT molecular complexity index is 255. The van der Waals surface area contributed by atoms with Crippen molar-refractivity contribution in [1.82, 2.24) is 10.9 Å². The molecule has 1 aromatic rings. The van der Waals surface area contributed by atoms with Crippen LogP contribution in [0.1, 0.15) is 0 Å². The fourth-order valence-electron chi connectivity index (χ4n) is 0.780. The van der Waals surface area contributed by atoms with Gasteiger partial charge in [0.05, 0.1) is 5.69 Å². The first-order valence-corrected chi connectivity index (χ1v) is 3.49. The Morgan fingerprint density at radius 3 is 2.08 bits per heavy atom. The summed E-state index contributed by atoms with van der Waals surface area (Å²) in [6, 6.07) is 9.54. The maximum absolute atomic E-state index is 5.14. The second-order valence-electron chi connectivity index (χ2n) is 2.15. The van der Waals surface area contributed by atoms with Gasteiger partial charge in [-0.05, 0) is 12.1 Å². The molecule has 1 rings (SSSR count). The van der Waals surface area contributed by atoms with E-state index in [2.05, 4.69) is 15.8 Å². The first-order chi connectivity index (χ1) is 5.86. The molecule has 0 aromatic heterocycles. The Kier molecular flexibility index (Phi) is 6.20. The summed E-state index contributed by atoms with van der Waals surface area (Å²) in [7, 11) is 0. The highest BCUT2D eigenvalue weighted by molar-refractivity contribution is 5.73. The Morgan fingerprint density at radius 2 is 1.62 bits per heavy atom. The molecule has 0 saturated heterocycles. The highest BCUT2D eigenvalue weighted by atomic mass is 127. The molecule has 0 fully saturated rings. The average Bonchev–Trinajstić information content (AvgIpc) is 2.16. The number of hydrogen-bond acceptors (Lipinski definition) is 2. The zero-order chi connectivity index (χ0) is 8.81. The van der Waals surface area contributed by atoms with Crippen LogP contribution in [-0.4, -0.2) is 5.96 Å². The number of hydrazine groups is 2. The normalized spacial score (nSPS) is 8.15. The van der Waals surface area contributed by atoms with Crippen LogP contribution in [0.15, 0.2) is 30.3 Å². The van der Waals surface area contributed by atoms with Gasteiger partial charge in [-0.25, -0.2) is 15.8 Å². The lowest BCUT2D eigenvalue weighted by Crippen LogP contribution is -3.00. The van der Waals surface area contributed by atoms with Gasteiger partial charge < -0.3 is 24.0 Å². The van der Waals surface area contributed by atoms with Gasteiger partial charge >= 0.3 is 5.96 Å². The second-order valence-corrected chi connectivity index (χ2v) is 2.15. The summed E-state index contributed by atoms with van der Waals surface area (Å²) < 4.78 is 0.